The van der Waals surface area contributed by atoms with E-state index < -0.39 is 0 Å². The van der Waals surface area contributed by atoms with E-state index in [-0.39, 0.29) is 11.5 Å². The summed E-state index contributed by atoms with van der Waals surface area (Å²) in [5, 5.41) is 12.0. The number of aryl methyl sites for hydroxylation is 1. The lowest BCUT2D eigenvalue weighted by atomic mass is 10.0. The largest absolute Gasteiger partial charge is 0.337 e. The molecule has 0 spiro atoms. The zero-order valence-electron chi connectivity index (χ0n) is 19.5. The third kappa shape index (κ3) is 4.15. The van der Waals surface area contributed by atoms with E-state index in [0.717, 1.165) is 37.1 Å². The summed E-state index contributed by atoms with van der Waals surface area (Å²) in [6.45, 7) is 3.38. The van der Waals surface area contributed by atoms with Gasteiger partial charge in [-0.1, -0.05) is 6.07 Å². The van der Waals surface area contributed by atoms with Gasteiger partial charge in [-0.05, 0) is 75.0 Å². The maximum atomic E-state index is 13.1. The highest BCUT2D eigenvalue weighted by atomic mass is 16.2. The van der Waals surface area contributed by atoms with E-state index in [4.69, 9.17) is 5.26 Å². The van der Waals surface area contributed by atoms with Gasteiger partial charge in [0.2, 0.25) is 0 Å². The van der Waals surface area contributed by atoms with Crippen molar-refractivity contribution < 1.29 is 4.79 Å². The van der Waals surface area contributed by atoms with Crippen LogP contribution in [0.2, 0.25) is 0 Å². The molecule has 1 N–H and O–H groups in total. The van der Waals surface area contributed by atoms with Gasteiger partial charge in [0.05, 0.1) is 22.8 Å². The third-order valence-corrected chi connectivity index (χ3v) is 7.02. The van der Waals surface area contributed by atoms with Gasteiger partial charge in [-0.15, -0.1) is 0 Å². The summed E-state index contributed by atoms with van der Waals surface area (Å²) in [4.78, 5) is 34.9. The van der Waals surface area contributed by atoms with E-state index in [1.807, 2.05) is 11.8 Å². The number of benzene rings is 1. The summed E-state index contributed by atoms with van der Waals surface area (Å²) in [5.41, 5.74) is 2.97. The molecule has 1 atom stereocenters. The van der Waals surface area contributed by atoms with E-state index >= 15 is 0 Å². The molecule has 1 aliphatic carbocycles. The number of piperidine rings is 1. The number of nitriles is 1. The van der Waals surface area contributed by atoms with Crippen molar-refractivity contribution in [2.24, 2.45) is 0 Å². The molecule has 8 nitrogen and oxygen atoms in total. The number of H-pyrrole nitrogens is 1. The average molecular weight is 457 g/mol. The van der Waals surface area contributed by atoms with Crippen molar-refractivity contribution in [1.29, 1.82) is 5.26 Å². The van der Waals surface area contributed by atoms with Gasteiger partial charge in [0.25, 0.3) is 11.5 Å². The molecule has 1 saturated heterocycles. The van der Waals surface area contributed by atoms with Crippen molar-refractivity contribution in [3.05, 3.63) is 69.8 Å². The second kappa shape index (κ2) is 8.92. The molecule has 2 aliphatic rings. The zero-order valence-corrected chi connectivity index (χ0v) is 19.5. The molecule has 2 fully saturated rings. The molecule has 8 heteroatoms. The number of hydrogen-bond acceptors (Lipinski definition) is 5. The molecule has 2 aromatic heterocycles. The zero-order chi connectivity index (χ0) is 23.8. The van der Waals surface area contributed by atoms with Crippen LogP contribution in [0.3, 0.4) is 0 Å². The van der Waals surface area contributed by atoms with E-state index in [2.05, 4.69) is 28.1 Å². The standard InChI is InChI=1S/C26H28N6O2/c1-17-12-18(13-27)5-9-22(17)23-15-29-32(26(23)34)24-10-6-19(14-28-24)25(33)31-11-3-4-21(16-31)30(2)20-7-8-20/h5-6,9-10,12,14-15,20-21,29H,3-4,7-8,11,16H2,1-2H3/t21-/m0/s1. The van der Waals surface area contributed by atoms with Gasteiger partial charge in [-0.25, -0.2) is 9.67 Å². The molecule has 3 aromatic rings. The van der Waals surface area contributed by atoms with Gasteiger partial charge in [0, 0.05) is 37.6 Å². The molecule has 1 aliphatic heterocycles. The van der Waals surface area contributed by atoms with Crippen molar-refractivity contribution in [1.82, 2.24) is 24.6 Å². The van der Waals surface area contributed by atoms with Crippen LogP contribution in [-0.4, -0.2) is 62.7 Å². The molecule has 1 aromatic carbocycles. The fourth-order valence-corrected chi connectivity index (χ4v) is 4.85. The molecular formula is C26H28N6O2. The lowest BCUT2D eigenvalue weighted by molar-refractivity contribution is 0.0600. The van der Waals surface area contributed by atoms with Gasteiger partial charge in [0.15, 0.2) is 5.82 Å². The number of aromatic nitrogens is 3. The summed E-state index contributed by atoms with van der Waals surface area (Å²) in [6.07, 6.45) is 7.85. The number of aromatic amines is 1. The molecule has 174 valence electrons. The minimum atomic E-state index is -0.235. The Hall–Kier alpha value is -3.70. The van der Waals surface area contributed by atoms with Crippen LogP contribution >= 0.6 is 0 Å². The van der Waals surface area contributed by atoms with Crippen LogP contribution in [0.4, 0.5) is 0 Å². The first-order chi connectivity index (χ1) is 16.5. The van der Waals surface area contributed by atoms with Gasteiger partial charge in [0.1, 0.15) is 0 Å². The number of hydrogen-bond donors (Lipinski definition) is 1. The van der Waals surface area contributed by atoms with Gasteiger partial charge < -0.3 is 4.90 Å². The molecule has 5 rings (SSSR count). The fourth-order valence-electron chi connectivity index (χ4n) is 4.85. The quantitative estimate of drug-likeness (QED) is 0.636. The normalized spacial score (nSPS) is 18.2. The average Bonchev–Trinajstić information content (AvgIpc) is 3.65. The number of carbonyl (C=O) groups is 1. The van der Waals surface area contributed by atoms with Crippen molar-refractivity contribution in [3.8, 4) is 23.0 Å². The van der Waals surface area contributed by atoms with Crippen LogP contribution < -0.4 is 5.56 Å². The van der Waals surface area contributed by atoms with Crippen molar-refractivity contribution in [2.45, 2.75) is 44.7 Å². The number of rotatable bonds is 5. The number of nitrogens with zero attached hydrogens (tertiary/aromatic N) is 5. The third-order valence-electron chi connectivity index (χ3n) is 7.02. The predicted octanol–water partition coefficient (Wildman–Crippen LogP) is 3.11. The van der Waals surface area contributed by atoms with Crippen LogP contribution in [0.1, 0.15) is 47.2 Å². The number of nitrogens with one attached hydrogen (secondary N) is 1. The topological polar surface area (TPSA) is 98.0 Å². The minimum Gasteiger partial charge on any atom is -0.337 e. The number of carbonyl (C=O) groups excluding carboxylic acids is 1. The summed E-state index contributed by atoms with van der Waals surface area (Å²) in [7, 11) is 2.17. The highest BCUT2D eigenvalue weighted by Gasteiger charge is 2.34. The molecule has 0 bridgehead atoms. The van der Waals surface area contributed by atoms with Gasteiger partial charge in [-0.2, -0.15) is 5.26 Å². The smallest absolute Gasteiger partial charge is 0.280 e. The summed E-state index contributed by atoms with van der Waals surface area (Å²) in [5.74, 6) is 0.407. The monoisotopic (exact) mass is 456 g/mol. The maximum Gasteiger partial charge on any atom is 0.280 e. The molecule has 0 radical (unpaired) electrons. The Morgan fingerprint density at radius 1 is 1.18 bits per heavy atom. The van der Waals surface area contributed by atoms with Crippen LogP contribution in [0, 0.1) is 18.3 Å². The fraction of sp³-hybridized carbons (Fsp3) is 0.385. The Morgan fingerprint density at radius 3 is 2.68 bits per heavy atom. The van der Waals surface area contributed by atoms with Crippen LogP contribution in [0.25, 0.3) is 16.9 Å². The summed E-state index contributed by atoms with van der Waals surface area (Å²) in [6, 6.07) is 11.9. The van der Waals surface area contributed by atoms with Crippen molar-refractivity contribution in [2.75, 3.05) is 20.1 Å². The molecule has 0 unspecified atom stereocenters. The van der Waals surface area contributed by atoms with E-state index in [9.17, 15) is 9.59 Å². The van der Waals surface area contributed by atoms with Crippen molar-refractivity contribution in [3.63, 3.8) is 0 Å². The first-order valence-corrected chi connectivity index (χ1v) is 11.8. The van der Waals surface area contributed by atoms with Crippen LogP contribution in [0.15, 0.2) is 47.5 Å². The molecular weight excluding hydrogens is 428 g/mol. The van der Waals surface area contributed by atoms with Gasteiger partial charge >= 0.3 is 0 Å². The van der Waals surface area contributed by atoms with Gasteiger partial charge in [-0.3, -0.25) is 19.6 Å². The summed E-state index contributed by atoms with van der Waals surface area (Å²) >= 11 is 0. The maximum absolute atomic E-state index is 13.1. The molecule has 1 saturated carbocycles. The Bertz CT molecular complexity index is 1310. The Morgan fingerprint density at radius 2 is 2.00 bits per heavy atom. The molecule has 1 amide bonds. The molecule has 34 heavy (non-hydrogen) atoms. The summed E-state index contributed by atoms with van der Waals surface area (Å²) < 4.78 is 1.36. The van der Waals surface area contributed by atoms with E-state index in [1.54, 1.807) is 42.7 Å². The van der Waals surface area contributed by atoms with Crippen LogP contribution in [-0.2, 0) is 0 Å². The molecule has 3 heterocycles. The number of pyridine rings is 1. The Balaban J connectivity index is 1.33. The SMILES string of the molecule is Cc1cc(C#N)ccc1-c1c[nH]n(-c2ccc(C(=O)N3CCC[C@H](N(C)C4CC4)C3)cn2)c1=O. The number of likely N-dealkylation sites (tertiary alicyclic amines) is 1. The second-order valence-corrected chi connectivity index (χ2v) is 9.32. The van der Waals surface area contributed by atoms with Crippen LogP contribution in [0.5, 0.6) is 0 Å². The van der Waals surface area contributed by atoms with E-state index in [0.29, 0.717) is 34.6 Å². The minimum absolute atomic E-state index is 0.0133. The van der Waals surface area contributed by atoms with E-state index in [1.165, 1.54) is 17.5 Å². The highest BCUT2D eigenvalue weighted by molar-refractivity contribution is 5.94. The predicted molar refractivity (Wildman–Crippen MR) is 129 cm³/mol. The highest BCUT2D eigenvalue weighted by Crippen LogP contribution is 2.30. The first kappa shape index (κ1) is 22.1. The number of amides is 1. The second-order valence-electron chi connectivity index (χ2n) is 9.32. The lowest BCUT2D eigenvalue weighted by Gasteiger charge is -2.37. The first-order valence-electron chi connectivity index (χ1n) is 11.8. The lowest BCUT2D eigenvalue weighted by Crippen LogP contribution is -2.49. The Labute approximate surface area is 198 Å². The van der Waals surface area contributed by atoms with Crippen molar-refractivity contribution >= 4 is 5.91 Å². The number of likely N-dealkylation sites (N-methyl/N-ethyl adjacent to an activating group) is 1. The Kier molecular flexibility index (Phi) is 5.80.